The van der Waals surface area contributed by atoms with Crippen LogP contribution in [0.4, 0.5) is 5.69 Å². The Labute approximate surface area is 164 Å². The first-order chi connectivity index (χ1) is 13.3. The quantitative estimate of drug-likeness (QED) is 0.589. The third-order valence-electron chi connectivity index (χ3n) is 4.79. The molecule has 0 saturated carbocycles. The molecule has 1 N–H and O–H groups in total. The highest BCUT2D eigenvalue weighted by molar-refractivity contribution is 6.11. The third kappa shape index (κ3) is 3.27. The van der Waals surface area contributed by atoms with Crippen molar-refractivity contribution in [2.45, 2.75) is 18.9 Å². The molecule has 0 aliphatic carbocycles. The second-order valence-electron chi connectivity index (χ2n) is 6.89. The molecular weight excluding hydrogens is 358 g/mol. The number of carbonyl (C=O) groups is 2. The molecule has 146 valence electrons. The Morgan fingerprint density at radius 2 is 1.89 bits per heavy atom. The van der Waals surface area contributed by atoms with Crippen LogP contribution >= 0.6 is 0 Å². The number of amides is 1. The highest BCUT2D eigenvalue weighted by atomic mass is 16.5. The Morgan fingerprint density at radius 1 is 1.18 bits per heavy atom. The van der Waals surface area contributed by atoms with Gasteiger partial charge in [0.05, 0.1) is 31.9 Å². The van der Waals surface area contributed by atoms with Crippen molar-refractivity contribution in [3.05, 3.63) is 65.7 Å². The molecule has 0 radical (unpaired) electrons. The standard InChI is InChI=1S/C22H23NO5/c1-14(2)13-23-18-8-6-5-7-17(18)22(26,21(23)25)12-19(24)16-10-9-15(27-3)11-20(16)28-4/h5-11,26H,1,12-13H2,2-4H3. The van der Waals surface area contributed by atoms with Gasteiger partial charge in [-0.3, -0.25) is 9.59 Å². The molecule has 6 nitrogen and oxygen atoms in total. The Morgan fingerprint density at radius 3 is 2.54 bits per heavy atom. The number of ketones is 1. The van der Waals surface area contributed by atoms with Gasteiger partial charge in [-0.2, -0.15) is 0 Å². The highest BCUT2D eigenvalue weighted by Gasteiger charge is 2.50. The number of hydrogen-bond acceptors (Lipinski definition) is 5. The summed E-state index contributed by atoms with van der Waals surface area (Å²) in [5, 5.41) is 11.3. The molecule has 0 aromatic heterocycles. The van der Waals surface area contributed by atoms with Gasteiger partial charge >= 0.3 is 0 Å². The zero-order chi connectivity index (χ0) is 20.5. The van der Waals surface area contributed by atoms with Crippen LogP contribution in [0.5, 0.6) is 11.5 Å². The maximum atomic E-state index is 13.1. The molecule has 1 aliphatic rings. The van der Waals surface area contributed by atoms with E-state index >= 15 is 0 Å². The van der Waals surface area contributed by atoms with E-state index in [9.17, 15) is 14.7 Å². The molecule has 1 aliphatic heterocycles. The van der Waals surface area contributed by atoms with Crippen molar-refractivity contribution < 1.29 is 24.2 Å². The van der Waals surface area contributed by atoms with Crippen molar-refractivity contribution in [3.63, 3.8) is 0 Å². The van der Waals surface area contributed by atoms with E-state index in [0.29, 0.717) is 22.7 Å². The lowest BCUT2D eigenvalue weighted by Crippen LogP contribution is -2.42. The van der Waals surface area contributed by atoms with Crippen LogP contribution in [0.25, 0.3) is 0 Å². The summed E-state index contributed by atoms with van der Waals surface area (Å²) in [5.74, 6) is -0.0626. The fraction of sp³-hybridized carbons (Fsp3) is 0.273. The summed E-state index contributed by atoms with van der Waals surface area (Å²) in [7, 11) is 2.97. The van der Waals surface area contributed by atoms with Gasteiger partial charge in [-0.05, 0) is 25.1 Å². The maximum Gasteiger partial charge on any atom is 0.264 e. The van der Waals surface area contributed by atoms with Crippen molar-refractivity contribution in [3.8, 4) is 11.5 Å². The first-order valence-electron chi connectivity index (χ1n) is 8.85. The van der Waals surface area contributed by atoms with Crippen LogP contribution in [0.15, 0.2) is 54.6 Å². The molecule has 0 bridgehead atoms. The predicted octanol–water partition coefficient (Wildman–Crippen LogP) is 3.09. The van der Waals surface area contributed by atoms with Crippen LogP contribution in [0.1, 0.15) is 29.3 Å². The van der Waals surface area contributed by atoms with E-state index in [1.165, 1.54) is 19.1 Å². The average Bonchev–Trinajstić information content (AvgIpc) is 2.89. The summed E-state index contributed by atoms with van der Waals surface area (Å²) in [6, 6.07) is 11.8. The number of aliphatic hydroxyl groups is 1. The molecule has 2 aromatic rings. The van der Waals surface area contributed by atoms with Gasteiger partial charge in [0.25, 0.3) is 5.91 Å². The molecule has 1 amide bonds. The molecule has 3 rings (SSSR count). The Balaban J connectivity index is 1.98. The summed E-state index contributed by atoms with van der Waals surface area (Å²) in [6.45, 7) is 5.93. The molecular formula is C22H23NO5. The van der Waals surface area contributed by atoms with Gasteiger partial charge in [-0.25, -0.2) is 0 Å². The highest BCUT2D eigenvalue weighted by Crippen LogP contribution is 2.43. The smallest absolute Gasteiger partial charge is 0.264 e. The molecule has 2 aromatic carbocycles. The number of ether oxygens (including phenoxy) is 2. The lowest BCUT2D eigenvalue weighted by Gasteiger charge is -2.23. The van der Waals surface area contributed by atoms with Gasteiger partial charge in [0.2, 0.25) is 0 Å². The van der Waals surface area contributed by atoms with Gasteiger partial charge in [0.1, 0.15) is 11.5 Å². The number of Topliss-reactive ketones (excluding diaryl/α,β-unsaturated/α-hetero) is 1. The normalized spacial score (nSPS) is 18.0. The number of rotatable bonds is 7. The van der Waals surface area contributed by atoms with E-state index < -0.39 is 23.7 Å². The SMILES string of the molecule is C=C(C)CN1C(=O)C(O)(CC(=O)c2ccc(OC)cc2OC)c2ccccc21. The van der Waals surface area contributed by atoms with E-state index in [1.807, 2.05) is 0 Å². The average molecular weight is 381 g/mol. The predicted molar refractivity (Wildman–Crippen MR) is 106 cm³/mol. The minimum absolute atomic E-state index is 0.276. The number of benzene rings is 2. The van der Waals surface area contributed by atoms with Gasteiger partial charge in [0.15, 0.2) is 11.4 Å². The lowest BCUT2D eigenvalue weighted by atomic mass is 9.88. The van der Waals surface area contributed by atoms with Crippen LogP contribution in [-0.4, -0.2) is 37.6 Å². The minimum Gasteiger partial charge on any atom is -0.497 e. The Hall–Kier alpha value is -3.12. The molecule has 1 heterocycles. The Kier molecular flexibility index (Phi) is 5.25. The molecule has 0 saturated heterocycles. The number of carbonyl (C=O) groups excluding carboxylic acids is 2. The van der Waals surface area contributed by atoms with E-state index in [0.717, 1.165) is 5.57 Å². The summed E-state index contributed by atoms with van der Waals surface area (Å²) < 4.78 is 10.4. The monoisotopic (exact) mass is 381 g/mol. The number of fused-ring (bicyclic) bond motifs is 1. The summed E-state index contributed by atoms with van der Waals surface area (Å²) in [6.07, 6.45) is -0.391. The summed E-state index contributed by atoms with van der Waals surface area (Å²) in [4.78, 5) is 27.5. The number of nitrogens with zero attached hydrogens (tertiary/aromatic N) is 1. The number of para-hydroxylation sites is 1. The first kappa shape index (κ1) is 19.6. The number of hydrogen-bond donors (Lipinski definition) is 1. The van der Waals surface area contributed by atoms with Crippen molar-refractivity contribution >= 4 is 17.4 Å². The second-order valence-corrected chi connectivity index (χ2v) is 6.89. The molecule has 6 heteroatoms. The molecule has 1 unspecified atom stereocenters. The van der Waals surface area contributed by atoms with Gasteiger partial charge in [-0.15, -0.1) is 0 Å². The summed E-state index contributed by atoms with van der Waals surface area (Å²) >= 11 is 0. The molecule has 0 fully saturated rings. The van der Waals surface area contributed by atoms with Crippen molar-refractivity contribution in [2.24, 2.45) is 0 Å². The number of methoxy groups -OCH3 is 2. The van der Waals surface area contributed by atoms with E-state index in [4.69, 9.17) is 9.47 Å². The fourth-order valence-electron chi connectivity index (χ4n) is 3.46. The van der Waals surface area contributed by atoms with Gasteiger partial charge < -0.3 is 19.5 Å². The third-order valence-corrected chi connectivity index (χ3v) is 4.79. The van der Waals surface area contributed by atoms with Crippen LogP contribution in [0.2, 0.25) is 0 Å². The fourth-order valence-corrected chi connectivity index (χ4v) is 3.46. The molecule has 28 heavy (non-hydrogen) atoms. The first-order valence-corrected chi connectivity index (χ1v) is 8.85. The minimum atomic E-state index is -1.94. The second kappa shape index (κ2) is 7.48. The van der Waals surface area contributed by atoms with Crippen molar-refractivity contribution in [1.82, 2.24) is 0 Å². The van der Waals surface area contributed by atoms with Crippen LogP contribution in [0, 0.1) is 0 Å². The maximum absolute atomic E-state index is 13.1. The van der Waals surface area contributed by atoms with E-state index in [1.54, 1.807) is 49.4 Å². The lowest BCUT2D eigenvalue weighted by molar-refractivity contribution is -0.135. The van der Waals surface area contributed by atoms with Gasteiger partial charge in [-0.1, -0.05) is 30.4 Å². The van der Waals surface area contributed by atoms with E-state index in [-0.39, 0.29) is 12.1 Å². The van der Waals surface area contributed by atoms with Gasteiger partial charge in [0, 0.05) is 18.2 Å². The zero-order valence-corrected chi connectivity index (χ0v) is 16.2. The van der Waals surface area contributed by atoms with Crippen LogP contribution in [-0.2, 0) is 10.4 Å². The largest absolute Gasteiger partial charge is 0.497 e. The zero-order valence-electron chi connectivity index (χ0n) is 16.2. The summed E-state index contributed by atoms with van der Waals surface area (Å²) in [5.41, 5.74) is 0.124. The topological polar surface area (TPSA) is 76.1 Å². The molecule has 0 spiro atoms. The van der Waals surface area contributed by atoms with Crippen molar-refractivity contribution in [1.29, 1.82) is 0 Å². The van der Waals surface area contributed by atoms with Crippen LogP contribution in [0.3, 0.4) is 0 Å². The van der Waals surface area contributed by atoms with E-state index in [2.05, 4.69) is 6.58 Å². The van der Waals surface area contributed by atoms with Crippen LogP contribution < -0.4 is 14.4 Å². The molecule has 1 atom stereocenters. The van der Waals surface area contributed by atoms with Crippen molar-refractivity contribution in [2.75, 3.05) is 25.7 Å². The number of anilines is 1. The Bertz CT molecular complexity index is 952.